The zero-order valence-electron chi connectivity index (χ0n) is 8.29. The van der Waals surface area contributed by atoms with Gasteiger partial charge < -0.3 is 4.74 Å². The van der Waals surface area contributed by atoms with Gasteiger partial charge in [0.2, 0.25) is 0 Å². The molecule has 3 heteroatoms. The number of hydrogen-bond acceptors (Lipinski definition) is 2. The van der Waals surface area contributed by atoms with Crippen LogP contribution in [0.1, 0.15) is 24.2 Å². The molecule has 0 N–H and O–H groups in total. The van der Waals surface area contributed by atoms with E-state index in [1.165, 1.54) is 24.3 Å². The fourth-order valence-corrected chi connectivity index (χ4v) is 0.941. The highest BCUT2D eigenvalue weighted by molar-refractivity contribution is 5.89. The van der Waals surface area contributed by atoms with Gasteiger partial charge in [0.25, 0.3) is 0 Å². The Morgan fingerprint density at radius 3 is 2.79 bits per heavy atom. The number of hydrogen-bond donors (Lipinski definition) is 0. The van der Waals surface area contributed by atoms with E-state index in [0.29, 0.717) is 6.61 Å². The Morgan fingerprint density at radius 2 is 2.21 bits per heavy atom. The van der Waals surface area contributed by atoms with Crippen LogP contribution in [0.4, 0.5) is 4.39 Å². The average Bonchev–Trinajstić information content (AvgIpc) is 2.14. The normalized spacial score (nSPS) is 10.3. The van der Waals surface area contributed by atoms with Gasteiger partial charge in [-0.2, -0.15) is 0 Å². The van der Waals surface area contributed by atoms with Crippen molar-refractivity contribution in [3.05, 3.63) is 35.6 Å². The van der Waals surface area contributed by atoms with Crippen molar-refractivity contribution in [3.63, 3.8) is 0 Å². The van der Waals surface area contributed by atoms with Crippen LogP contribution in [0.2, 0.25) is 0 Å². The first-order valence-electron chi connectivity index (χ1n) is 4.52. The van der Waals surface area contributed by atoms with Gasteiger partial charge in [0, 0.05) is 0 Å². The molecule has 0 spiro atoms. The first-order chi connectivity index (χ1) is 6.59. The Labute approximate surface area is 82.7 Å². The summed E-state index contributed by atoms with van der Waals surface area (Å²) in [6.07, 6.45) is 0. The molecule has 0 aliphatic rings. The SMILES string of the molecule is CC(C)COC(=O)c1cccc(F)c1. The first kappa shape index (κ1) is 10.7. The Bertz CT molecular complexity index is 321. The highest BCUT2D eigenvalue weighted by Gasteiger charge is 2.08. The molecule has 0 aromatic heterocycles. The Balaban J connectivity index is 2.61. The maximum absolute atomic E-state index is 12.7. The number of esters is 1. The number of carbonyl (C=O) groups excluding carboxylic acids is 1. The maximum Gasteiger partial charge on any atom is 0.338 e. The van der Waals surface area contributed by atoms with E-state index in [0.717, 1.165) is 0 Å². The van der Waals surface area contributed by atoms with E-state index in [1.54, 1.807) is 0 Å². The van der Waals surface area contributed by atoms with Gasteiger partial charge in [0.15, 0.2) is 0 Å². The van der Waals surface area contributed by atoms with Gasteiger partial charge in [0.1, 0.15) is 5.82 Å². The third-order valence-corrected chi connectivity index (χ3v) is 1.61. The molecule has 0 unspecified atom stereocenters. The molecule has 0 atom stereocenters. The Morgan fingerprint density at radius 1 is 1.50 bits per heavy atom. The number of carbonyl (C=O) groups is 1. The molecule has 0 amide bonds. The highest BCUT2D eigenvalue weighted by atomic mass is 19.1. The summed E-state index contributed by atoms with van der Waals surface area (Å²) in [5.74, 6) is -0.616. The molecule has 0 saturated carbocycles. The lowest BCUT2D eigenvalue weighted by molar-refractivity contribution is 0.0458. The van der Waals surface area contributed by atoms with E-state index in [2.05, 4.69) is 0 Å². The molecule has 0 heterocycles. The smallest absolute Gasteiger partial charge is 0.338 e. The molecular formula is C11H13FO2. The van der Waals surface area contributed by atoms with Crippen molar-refractivity contribution in [3.8, 4) is 0 Å². The topological polar surface area (TPSA) is 26.3 Å². The van der Waals surface area contributed by atoms with E-state index >= 15 is 0 Å². The lowest BCUT2D eigenvalue weighted by Crippen LogP contribution is -2.10. The minimum Gasteiger partial charge on any atom is -0.462 e. The molecule has 76 valence electrons. The Hall–Kier alpha value is -1.38. The largest absolute Gasteiger partial charge is 0.462 e. The number of ether oxygens (including phenoxy) is 1. The molecular weight excluding hydrogens is 183 g/mol. The number of rotatable bonds is 3. The van der Waals surface area contributed by atoms with E-state index in [4.69, 9.17) is 4.74 Å². The summed E-state index contributed by atoms with van der Waals surface area (Å²) in [6, 6.07) is 5.48. The zero-order chi connectivity index (χ0) is 10.6. The minimum absolute atomic E-state index is 0.255. The van der Waals surface area contributed by atoms with Crippen molar-refractivity contribution < 1.29 is 13.9 Å². The Kier molecular flexibility index (Phi) is 3.63. The minimum atomic E-state index is -0.474. The lowest BCUT2D eigenvalue weighted by Gasteiger charge is -2.06. The van der Waals surface area contributed by atoms with Crippen molar-refractivity contribution in [2.75, 3.05) is 6.61 Å². The zero-order valence-corrected chi connectivity index (χ0v) is 8.29. The van der Waals surface area contributed by atoms with Crippen molar-refractivity contribution in [1.29, 1.82) is 0 Å². The van der Waals surface area contributed by atoms with E-state index in [1.807, 2.05) is 13.8 Å². The molecule has 2 nitrogen and oxygen atoms in total. The second-order valence-corrected chi connectivity index (χ2v) is 3.50. The van der Waals surface area contributed by atoms with Gasteiger partial charge in [-0.1, -0.05) is 19.9 Å². The van der Waals surface area contributed by atoms with Gasteiger partial charge in [-0.25, -0.2) is 9.18 Å². The van der Waals surface area contributed by atoms with Crippen LogP contribution in [0.25, 0.3) is 0 Å². The van der Waals surface area contributed by atoms with Crippen LogP contribution in [0, 0.1) is 11.7 Å². The third-order valence-electron chi connectivity index (χ3n) is 1.61. The van der Waals surface area contributed by atoms with Crippen molar-refractivity contribution >= 4 is 5.97 Å². The van der Waals surface area contributed by atoms with Crippen LogP contribution >= 0.6 is 0 Å². The lowest BCUT2D eigenvalue weighted by atomic mass is 10.2. The van der Waals surface area contributed by atoms with Crippen LogP contribution in [0.3, 0.4) is 0 Å². The van der Waals surface area contributed by atoms with Gasteiger partial charge >= 0.3 is 5.97 Å². The molecule has 0 radical (unpaired) electrons. The molecule has 1 aromatic carbocycles. The van der Waals surface area contributed by atoms with Crippen LogP contribution in [0.15, 0.2) is 24.3 Å². The average molecular weight is 196 g/mol. The van der Waals surface area contributed by atoms with Crippen molar-refractivity contribution in [1.82, 2.24) is 0 Å². The monoisotopic (exact) mass is 196 g/mol. The van der Waals surface area contributed by atoms with Crippen LogP contribution < -0.4 is 0 Å². The van der Waals surface area contributed by atoms with Crippen molar-refractivity contribution in [2.24, 2.45) is 5.92 Å². The molecule has 0 aliphatic heterocycles. The molecule has 1 aromatic rings. The van der Waals surface area contributed by atoms with Crippen LogP contribution in [-0.2, 0) is 4.74 Å². The molecule has 14 heavy (non-hydrogen) atoms. The predicted octanol–water partition coefficient (Wildman–Crippen LogP) is 2.64. The fraction of sp³-hybridized carbons (Fsp3) is 0.364. The standard InChI is InChI=1S/C11H13FO2/c1-8(2)7-14-11(13)9-4-3-5-10(12)6-9/h3-6,8H,7H2,1-2H3. The van der Waals surface area contributed by atoms with Crippen molar-refractivity contribution in [2.45, 2.75) is 13.8 Å². The number of benzene rings is 1. The molecule has 1 rings (SSSR count). The van der Waals surface area contributed by atoms with Gasteiger partial charge in [-0.05, 0) is 24.1 Å². The summed E-state index contributed by atoms with van der Waals surface area (Å²) in [4.78, 5) is 11.3. The predicted molar refractivity (Wildman–Crippen MR) is 51.5 cm³/mol. The van der Waals surface area contributed by atoms with Gasteiger partial charge in [-0.3, -0.25) is 0 Å². The molecule has 0 bridgehead atoms. The van der Waals surface area contributed by atoms with Gasteiger partial charge in [-0.15, -0.1) is 0 Å². The second kappa shape index (κ2) is 4.74. The van der Waals surface area contributed by atoms with Gasteiger partial charge in [0.05, 0.1) is 12.2 Å². The summed E-state index contributed by atoms with van der Waals surface area (Å²) in [6.45, 7) is 4.24. The molecule has 0 fully saturated rings. The second-order valence-electron chi connectivity index (χ2n) is 3.50. The first-order valence-corrected chi connectivity index (χ1v) is 4.52. The molecule has 0 saturated heterocycles. The van der Waals surface area contributed by atoms with E-state index < -0.39 is 11.8 Å². The maximum atomic E-state index is 12.7. The number of halogens is 1. The summed E-state index contributed by atoms with van der Waals surface area (Å²) < 4.78 is 17.7. The quantitative estimate of drug-likeness (QED) is 0.694. The fourth-order valence-electron chi connectivity index (χ4n) is 0.941. The van der Waals surface area contributed by atoms with Crippen LogP contribution in [0.5, 0.6) is 0 Å². The van der Waals surface area contributed by atoms with Crippen LogP contribution in [-0.4, -0.2) is 12.6 Å². The summed E-state index contributed by atoms with van der Waals surface area (Å²) in [5.41, 5.74) is 0.255. The summed E-state index contributed by atoms with van der Waals surface area (Å²) in [7, 11) is 0. The highest BCUT2D eigenvalue weighted by Crippen LogP contribution is 2.06. The summed E-state index contributed by atoms with van der Waals surface area (Å²) >= 11 is 0. The summed E-state index contributed by atoms with van der Waals surface area (Å²) in [5, 5.41) is 0. The third kappa shape index (κ3) is 3.17. The molecule has 0 aliphatic carbocycles. The van der Waals surface area contributed by atoms with E-state index in [9.17, 15) is 9.18 Å². The van der Waals surface area contributed by atoms with E-state index in [-0.39, 0.29) is 11.5 Å².